The number of ether oxygens (including phenoxy) is 1. The second-order valence-electron chi connectivity index (χ2n) is 4.60. The second-order valence-corrected chi connectivity index (χ2v) is 5.52. The summed E-state index contributed by atoms with van der Waals surface area (Å²) >= 11 is 3.47. The number of aromatic nitrogens is 1. The van der Waals surface area contributed by atoms with Crippen LogP contribution in [0.3, 0.4) is 0 Å². The summed E-state index contributed by atoms with van der Waals surface area (Å²) in [5, 5.41) is 1.03. The van der Waals surface area contributed by atoms with E-state index < -0.39 is 0 Å². The number of nitrogens with zero attached hydrogens (tertiary/aromatic N) is 1. The van der Waals surface area contributed by atoms with E-state index in [9.17, 15) is 4.39 Å². The van der Waals surface area contributed by atoms with Crippen molar-refractivity contribution in [3.05, 3.63) is 64.5 Å². The van der Waals surface area contributed by atoms with Crippen molar-refractivity contribution in [1.82, 2.24) is 4.57 Å². The van der Waals surface area contributed by atoms with E-state index in [1.54, 1.807) is 19.2 Å². The van der Waals surface area contributed by atoms with Crippen LogP contribution >= 0.6 is 15.9 Å². The summed E-state index contributed by atoms with van der Waals surface area (Å²) < 4.78 is 21.8. The number of benzene rings is 2. The molecule has 4 heteroatoms. The van der Waals surface area contributed by atoms with Crippen LogP contribution in [0.2, 0.25) is 0 Å². The lowest BCUT2D eigenvalue weighted by Gasteiger charge is -2.11. The van der Waals surface area contributed by atoms with Crippen molar-refractivity contribution in [2.24, 2.45) is 0 Å². The average Bonchev–Trinajstić information content (AvgIpc) is 2.82. The molecule has 102 valence electrons. The van der Waals surface area contributed by atoms with E-state index in [0.29, 0.717) is 6.54 Å². The van der Waals surface area contributed by atoms with Crippen LogP contribution in [0.1, 0.15) is 5.56 Å². The van der Waals surface area contributed by atoms with Gasteiger partial charge in [-0.1, -0.05) is 15.9 Å². The zero-order valence-corrected chi connectivity index (χ0v) is 12.5. The molecular formula is C16H13BrFNO. The summed E-state index contributed by atoms with van der Waals surface area (Å²) in [6.07, 6.45) is 1.96. The van der Waals surface area contributed by atoms with Gasteiger partial charge in [-0.3, -0.25) is 0 Å². The van der Waals surface area contributed by atoms with Crippen LogP contribution in [-0.4, -0.2) is 11.7 Å². The van der Waals surface area contributed by atoms with Gasteiger partial charge in [-0.15, -0.1) is 0 Å². The Kier molecular flexibility index (Phi) is 3.49. The molecule has 1 heterocycles. The van der Waals surface area contributed by atoms with E-state index in [0.717, 1.165) is 26.7 Å². The van der Waals surface area contributed by atoms with Gasteiger partial charge in [0.05, 0.1) is 19.2 Å². The monoisotopic (exact) mass is 333 g/mol. The third-order valence-electron chi connectivity index (χ3n) is 3.32. The zero-order chi connectivity index (χ0) is 14.1. The van der Waals surface area contributed by atoms with Gasteiger partial charge >= 0.3 is 0 Å². The lowest BCUT2D eigenvalue weighted by Crippen LogP contribution is -2.00. The van der Waals surface area contributed by atoms with Crippen LogP contribution in [-0.2, 0) is 6.54 Å². The molecule has 0 amide bonds. The first-order valence-corrected chi connectivity index (χ1v) is 7.03. The first kappa shape index (κ1) is 13.2. The first-order chi connectivity index (χ1) is 9.67. The van der Waals surface area contributed by atoms with Gasteiger partial charge < -0.3 is 9.30 Å². The highest BCUT2D eigenvalue weighted by Gasteiger charge is 2.07. The van der Waals surface area contributed by atoms with Gasteiger partial charge in [-0.2, -0.15) is 0 Å². The Morgan fingerprint density at radius 3 is 2.80 bits per heavy atom. The molecule has 3 rings (SSSR count). The largest absolute Gasteiger partial charge is 0.496 e. The number of methoxy groups -OCH3 is 1. The third-order valence-corrected chi connectivity index (χ3v) is 3.81. The lowest BCUT2D eigenvalue weighted by molar-refractivity contribution is 0.408. The van der Waals surface area contributed by atoms with Crippen molar-refractivity contribution in [2.75, 3.05) is 7.11 Å². The maximum Gasteiger partial charge on any atom is 0.125 e. The Balaban J connectivity index is 2.05. The maximum atomic E-state index is 13.4. The van der Waals surface area contributed by atoms with E-state index >= 15 is 0 Å². The van der Waals surface area contributed by atoms with E-state index in [1.807, 2.05) is 35.0 Å². The Labute approximate surface area is 124 Å². The standard InChI is InChI=1S/C16H13BrFNO/c1-20-16-5-3-13(17)8-12(16)10-19-7-6-11-2-4-14(18)9-15(11)19/h2-9H,10H2,1H3. The minimum absolute atomic E-state index is 0.223. The van der Waals surface area contributed by atoms with Crippen molar-refractivity contribution in [2.45, 2.75) is 6.54 Å². The normalized spacial score (nSPS) is 10.9. The van der Waals surface area contributed by atoms with Crippen LogP contribution in [0.4, 0.5) is 4.39 Å². The molecule has 0 aliphatic rings. The second kappa shape index (κ2) is 5.29. The van der Waals surface area contributed by atoms with Crippen LogP contribution in [0.5, 0.6) is 5.75 Å². The van der Waals surface area contributed by atoms with E-state index in [2.05, 4.69) is 15.9 Å². The lowest BCUT2D eigenvalue weighted by atomic mass is 10.2. The fourth-order valence-electron chi connectivity index (χ4n) is 2.35. The van der Waals surface area contributed by atoms with Crippen molar-refractivity contribution in [3.63, 3.8) is 0 Å². The molecule has 0 bridgehead atoms. The quantitative estimate of drug-likeness (QED) is 0.683. The molecule has 2 nitrogen and oxygen atoms in total. The molecule has 0 spiro atoms. The Bertz CT molecular complexity index is 766. The summed E-state index contributed by atoms with van der Waals surface area (Å²) in [5.41, 5.74) is 1.93. The van der Waals surface area contributed by atoms with E-state index in [1.165, 1.54) is 6.07 Å². The van der Waals surface area contributed by atoms with Gasteiger partial charge in [0.2, 0.25) is 0 Å². The highest BCUT2D eigenvalue weighted by molar-refractivity contribution is 9.10. The highest BCUT2D eigenvalue weighted by Crippen LogP contribution is 2.26. The predicted octanol–water partition coefficient (Wildman–Crippen LogP) is 4.60. The molecular weight excluding hydrogens is 321 g/mol. The SMILES string of the molecule is COc1ccc(Br)cc1Cn1ccc2ccc(F)cc21. The minimum atomic E-state index is -0.223. The summed E-state index contributed by atoms with van der Waals surface area (Å²) in [4.78, 5) is 0. The molecule has 3 aromatic rings. The van der Waals surface area contributed by atoms with Crippen LogP contribution < -0.4 is 4.74 Å². The molecule has 20 heavy (non-hydrogen) atoms. The molecule has 1 aromatic heterocycles. The summed E-state index contributed by atoms with van der Waals surface area (Å²) in [6, 6.07) is 12.7. The van der Waals surface area contributed by atoms with Crippen molar-refractivity contribution in [1.29, 1.82) is 0 Å². The van der Waals surface area contributed by atoms with Gasteiger partial charge in [-0.25, -0.2) is 4.39 Å². The number of hydrogen-bond acceptors (Lipinski definition) is 1. The number of fused-ring (bicyclic) bond motifs is 1. The van der Waals surface area contributed by atoms with Crippen molar-refractivity contribution in [3.8, 4) is 5.75 Å². The fraction of sp³-hybridized carbons (Fsp3) is 0.125. The number of halogens is 2. The zero-order valence-electron chi connectivity index (χ0n) is 10.9. The van der Waals surface area contributed by atoms with E-state index in [4.69, 9.17) is 4.74 Å². The number of hydrogen-bond donors (Lipinski definition) is 0. The Hall–Kier alpha value is -1.81. The number of rotatable bonds is 3. The smallest absolute Gasteiger partial charge is 0.125 e. The Morgan fingerprint density at radius 1 is 1.15 bits per heavy atom. The first-order valence-electron chi connectivity index (χ1n) is 6.24. The molecule has 0 fully saturated rings. The van der Waals surface area contributed by atoms with Gasteiger partial charge in [0.1, 0.15) is 11.6 Å². The molecule has 2 aromatic carbocycles. The minimum Gasteiger partial charge on any atom is -0.496 e. The predicted molar refractivity (Wildman–Crippen MR) is 81.7 cm³/mol. The molecule has 0 aliphatic heterocycles. The topological polar surface area (TPSA) is 14.2 Å². The molecule has 0 saturated heterocycles. The van der Waals surface area contributed by atoms with Gasteiger partial charge in [0, 0.05) is 16.2 Å². The summed E-state index contributed by atoms with van der Waals surface area (Å²) in [5.74, 6) is 0.602. The van der Waals surface area contributed by atoms with Crippen molar-refractivity contribution >= 4 is 26.8 Å². The molecule has 0 radical (unpaired) electrons. The Morgan fingerprint density at radius 2 is 2.00 bits per heavy atom. The van der Waals surface area contributed by atoms with Crippen LogP contribution in [0.25, 0.3) is 10.9 Å². The molecule has 0 atom stereocenters. The molecule has 0 saturated carbocycles. The van der Waals surface area contributed by atoms with Gasteiger partial charge in [0.15, 0.2) is 0 Å². The van der Waals surface area contributed by atoms with E-state index in [-0.39, 0.29) is 5.82 Å². The van der Waals surface area contributed by atoms with Crippen LogP contribution in [0.15, 0.2) is 53.1 Å². The van der Waals surface area contributed by atoms with Crippen molar-refractivity contribution < 1.29 is 9.13 Å². The maximum absolute atomic E-state index is 13.4. The van der Waals surface area contributed by atoms with Crippen LogP contribution in [0, 0.1) is 5.82 Å². The van der Waals surface area contributed by atoms with Gasteiger partial charge in [-0.05, 0) is 47.9 Å². The van der Waals surface area contributed by atoms with Gasteiger partial charge in [0.25, 0.3) is 0 Å². The average molecular weight is 334 g/mol. The summed E-state index contributed by atoms with van der Waals surface area (Å²) in [7, 11) is 1.65. The fourth-order valence-corrected chi connectivity index (χ4v) is 2.76. The highest BCUT2D eigenvalue weighted by atomic mass is 79.9. The molecule has 0 aliphatic carbocycles. The third kappa shape index (κ3) is 2.43. The molecule has 0 unspecified atom stereocenters. The molecule has 0 N–H and O–H groups in total. The summed E-state index contributed by atoms with van der Waals surface area (Å²) in [6.45, 7) is 0.634.